The van der Waals surface area contributed by atoms with E-state index in [1.165, 1.54) is 27.5 Å². The van der Waals surface area contributed by atoms with Gasteiger partial charge in [0.05, 0.1) is 33.9 Å². The van der Waals surface area contributed by atoms with Gasteiger partial charge in [-0.3, -0.25) is 0 Å². The number of nitriles is 2. The Morgan fingerprint density at radius 2 is 1.39 bits per heavy atom. The first-order chi connectivity index (χ1) is 25.2. The number of aryl methyl sites for hydroxylation is 1. The monoisotopic (exact) mass is 656 g/mol. The molecule has 0 radical (unpaired) electrons. The van der Waals surface area contributed by atoms with E-state index in [1.807, 2.05) is 18.2 Å². The SMILES string of the molecule is CCc1ccccc1-c1ccccc1Nc1cc(C#N)ccc1CC1=CC=C[C@H](c2cccc(-n3c4ccccc4c4ccccc43)c2C#N)C1. The Labute approximate surface area is 298 Å². The normalized spacial score (nSPS) is 13.9. The van der Waals surface area contributed by atoms with E-state index in [-0.39, 0.29) is 5.92 Å². The van der Waals surface area contributed by atoms with Gasteiger partial charge in [0.25, 0.3) is 0 Å². The van der Waals surface area contributed by atoms with Gasteiger partial charge >= 0.3 is 0 Å². The molecule has 0 unspecified atom stereocenters. The Morgan fingerprint density at radius 3 is 2.14 bits per heavy atom. The molecule has 0 spiro atoms. The van der Waals surface area contributed by atoms with Gasteiger partial charge in [-0.15, -0.1) is 0 Å². The summed E-state index contributed by atoms with van der Waals surface area (Å²) in [5, 5.41) is 26.6. The molecule has 1 aliphatic carbocycles. The zero-order valence-electron chi connectivity index (χ0n) is 28.5. The Balaban J connectivity index is 1.12. The highest BCUT2D eigenvalue weighted by molar-refractivity contribution is 6.09. The molecule has 0 fully saturated rings. The second kappa shape index (κ2) is 13.7. The van der Waals surface area contributed by atoms with Crippen molar-refractivity contribution in [1.82, 2.24) is 4.57 Å². The molecule has 1 atom stereocenters. The molecule has 1 aromatic heterocycles. The molecule has 7 aromatic rings. The topological polar surface area (TPSA) is 64.5 Å². The fourth-order valence-corrected chi connectivity index (χ4v) is 7.67. The molecule has 0 aliphatic heterocycles. The Morgan fingerprint density at radius 1 is 0.686 bits per heavy atom. The number of nitrogens with zero attached hydrogens (tertiary/aromatic N) is 3. The third-order valence-corrected chi connectivity index (χ3v) is 10.1. The van der Waals surface area contributed by atoms with Crippen LogP contribution in [0, 0.1) is 22.7 Å². The molecule has 0 saturated carbocycles. The zero-order valence-corrected chi connectivity index (χ0v) is 28.5. The predicted octanol–water partition coefficient (Wildman–Crippen LogP) is 11.7. The number of hydrogen-bond donors (Lipinski definition) is 1. The number of hydrogen-bond acceptors (Lipinski definition) is 3. The van der Waals surface area contributed by atoms with Crippen LogP contribution in [0.4, 0.5) is 11.4 Å². The van der Waals surface area contributed by atoms with Crippen molar-refractivity contribution in [2.45, 2.75) is 32.1 Å². The number of benzene rings is 6. The number of para-hydroxylation sites is 3. The molecular formula is C47H36N4. The van der Waals surface area contributed by atoms with Gasteiger partial charge in [-0.1, -0.05) is 128 Å². The number of nitrogens with one attached hydrogen (secondary N) is 1. The second-order valence-electron chi connectivity index (χ2n) is 13.1. The molecule has 244 valence electrons. The maximum absolute atomic E-state index is 10.7. The van der Waals surface area contributed by atoms with Crippen LogP contribution in [0.5, 0.6) is 0 Å². The highest BCUT2D eigenvalue weighted by Gasteiger charge is 2.22. The van der Waals surface area contributed by atoms with Crippen molar-refractivity contribution >= 4 is 33.2 Å². The molecule has 0 saturated heterocycles. The average Bonchev–Trinajstić information content (AvgIpc) is 3.52. The van der Waals surface area contributed by atoms with Crippen molar-refractivity contribution in [2.24, 2.45) is 0 Å². The lowest BCUT2D eigenvalue weighted by molar-refractivity contribution is 0.787. The summed E-state index contributed by atoms with van der Waals surface area (Å²) in [6.45, 7) is 2.18. The second-order valence-corrected chi connectivity index (χ2v) is 13.1. The lowest BCUT2D eigenvalue weighted by Gasteiger charge is -2.23. The van der Waals surface area contributed by atoms with E-state index in [0.29, 0.717) is 11.1 Å². The Bertz CT molecular complexity index is 2530. The third-order valence-electron chi connectivity index (χ3n) is 10.1. The van der Waals surface area contributed by atoms with Crippen molar-refractivity contribution < 1.29 is 0 Å². The molecular weight excluding hydrogens is 621 g/mol. The van der Waals surface area contributed by atoms with E-state index in [0.717, 1.165) is 64.0 Å². The highest BCUT2D eigenvalue weighted by Crippen LogP contribution is 2.39. The minimum absolute atomic E-state index is 0.0498. The van der Waals surface area contributed by atoms with Crippen LogP contribution in [0.3, 0.4) is 0 Å². The standard InChI is InChI=1S/C47H36N4/c1-2-34-14-3-4-16-37(34)39-17-5-8-21-43(39)50-44-29-33(30-48)25-26-36(44)28-32-13-11-15-35(27-32)38-20-12-24-47(42(38)31-49)51-45-22-9-6-18-40(45)41-19-7-10-23-46(41)51/h3-26,29,35,50H,2,27-28H2,1H3/t35-/m0/s1. The molecule has 1 aliphatic rings. The lowest BCUT2D eigenvalue weighted by Crippen LogP contribution is -2.08. The minimum Gasteiger partial charge on any atom is -0.355 e. The summed E-state index contributed by atoms with van der Waals surface area (Å²) in [7, 11) is 0. The van der Waals surface area contributed by atoms with Gasteiger partial charge in [-0.2, -0.15) is 10.5 Å². The Hall–Kier alpha value is -6.62. The molecule has 8 rings (SSSR count). The van der Waals surface area contributed by atoms with Gasteiger partial charge < -0.3 is 9.88 Å². The van der Waals surface area contributed by atoms with Crippen molar-refractivity contribution in [2.75, 3.05) is 5.32 Å². The molecule has 0 bridgehead atoms. The summed E-state index contributed by atoms with van der Waals surface area (Å²) in [5.41, 5.74) is 13.4. The van der Waals surface area contributed by atoms with Crippen LogP contribution < -0.4 is 5.32 Å². The summed E-state index contributed by atoms with van der Waals surface area (Å²) in [6.07, 6.45) is 9.00. The molecule has 0 amide bonds. The largest absolute Gasteiger partial charge is 0.355 e. The fraction of sp³-hybridized carbons (Fsp3) is 0.106. The van der Waals surface area contributed by atoms with Crippen LogP contribution in [-0.2, 0) is 12.8 Å². The Kier molecular flexibility index (Phi) is 8.51. The van der Waals surface area contributed by atoms with Gasteiger partial charge in [-0.05, 0) is 77.9 Å². The van der Waals surface area contributed by atoms with Gasteiger partial charge in [0.2, 0.25) is 0 Å². The van der Waals surface area contributed by atoms with Crippen LogP contribution in [0.25, 0.3) is 38.6 Å². The van der Waals surface area contributed by atoms with Crippen LogP contribution in [0.1, 0.15) is 47.1 Å². The van der Waals surface area contributed by atoms with Gasteiger partial charge in [0.1, 0.15) is 6.07 Å². The van der Waals surface area contributed by atoms with Crippen molar-refractivity contribution in [3.05, 3.63) is 185 Å². The number of fused-ring (bicyclic) bond motifs is 3. The summed E-state index contributed by atoms with van der Waals surface area (Å²) in [4.78, 5) is 0. The van der Waals surface area contributed by atoms with Crippen LogP contribution in [0.15, 0.2) is 157 Å². The lowest BCUT2D eigenvalue weighted by atomic mass is 9.83. The minimum atomic E-state index is 0.0498. The predicted molar refractivity (Wildman–Crippen MR) is 209 cm³/mol. The van der Waals surface area contributed by atoms with Crippen LogP contribution >= 0.6 is 0 Å². The van der Waals surface area contributed by atoms with Gasteiger partial charge in [0.15, 0.2) is 0 Å². The van der Waals surface area contributed by atoms with E-state index >= 15 is 0 Å². The van der Waals surface area contributed by atoms with E-state index < -0.39 is 0 Å². The molecule has 1 heterocycles. The first-order valence-corrected chi connectivity index (χ1v) is 17.5. The average molecular weight is 657 g/mol. The van der Waals surface area contributed by atoms with Crippen molar-refractivity contribution in [1.29, 1.82) is 10.5 Å². The first-order valence-electron chi connectivity index (χ1n) is 17.5. The summed E-state index contributed by atoms with van der Waals surface area (Å²) in [6, 6.07) is 50.9. The third kappa shape index (κ3) is 5.88. The van der Waals surface area contributed by atoms with E-state index in [4.69, 9.17) is 0 Å². The smallest absolute Gasteiger partial charge is 0.102 e. The molecule has 51 heavy (non-hydrogen) atoms. The summed E-state index contributed by atoms with van der Waals surface area (Å²) < 4.78 is 2.24. The quantitative estimate of drug-likeness (QED) is 0.177. The van der Waals surface area contributed by atoms with E-state index in [9.17, 15) is 10.5 Å². The molecule has 6 aromatic carbocycles. The highest BCUT2D eigenvalue weighted by atomic mass is 15.0. The maximum Gasteiger partial charge on any atom is 0.102 e. The van der Waals surface area contributed by atoms with Gasteiger partial charge in [0, 0.05) is 33.6 Å². The summed E-state index contributed by atoms with van der Waals surface area (Å²) in [5.74, 6) is 0.0498. The van der Waals surface area contributed by atoms with E-state index in [1.54, 1.807) is 0 Å². The summed E-state index contributed by atoms with van der Waals surface area (Å²) >= 11 is 0. The van der Waals surface area contributed by atoms with Crippen molar-refractivity contribution in [3.63, 3.8) is 0 Å². The van der Waals surface area contributed by atoms with Crippen molar-refractivity contribution in [3.8, 4) is 29.0 Å². The fourth-order valence-electron chi connectivity index (χ4n) is 7.67. The van der Waals surface area contributed by atoms with E-state index in [2.05, 4.69) is 162 Å². The first kappa shape index (κ1) is 31.6. The molecule has 1 N–H and O–H groups in total. The van der Waals surface area contributed by atoms with Crippen LogP contribution in [-0.4, -0.2) is 4.57 Å². The molecule has 4 heteroatoms. The number of anilines is 2. The van der Waals surface area contributed by atoms with Crippen LogP contribution in [0.2, 0.25) is 0 Å². The number of aromatic nitrogens is 1. The number of rotatable bonds is 8. The zero-order chi connectivity index (χ0) is 34.7. The molecule has 4 nitrogen and oxygen atoms in total. The number of allylic oxidation sites excluding steroid dienone is 4. The maximum atomic E-state index is 10.7. The van der Waals surface area contributed by atoms with Gasteiger partial charge in [-0.25, -0.2) is 0 Å².